The molecular weight excluding hydrogens is 296 g/mol. The SMILES string of the molecule is Cc1cc(C)n(-c2nc(C)c(C)c(-n3ccc(C(=O)O)n3)n2)n1. The summed E-state index contributed by atoms with van der Waals surface area (Å²) < 4.78 is 3.11. The van der Waals surface area contributed by atoms with Crippen molar-refractivity contribution in [2.24, 2.45) is 0 Å². The lowest BCUT2D eigenvalue weighted by molar-refractivity contribution is 0.0690. The highest BCUT2D eigenvalue weighted by atomic mass is 16.4. The van der Waals surface area contributed by atoms with Crippen LogP contribution in [0.15, 0.2) is 18.3 Å². The minimum Gasteiger partial charge on any atom is -0.476 e. The number of carboxylic acids is 1. The van der Waals surface area contributed by atoms with Gasteiger partial charge < -0.3 is 5.11 Å². The van der Waals surface area contributed by atoms with Crippen LogP contribution in [0, 0.1) is 27.7 Å². The Morgan fingerprint density at radius 1 is 1.13 bits per heavy atom. The molecule has 23 heavy (non-hydrogen) atoms. The standard InChI is InChI=1S/C15H16N6O2/c1-8-7-9(2)21(18-8)15-16-11(4)10(3)13(17-15)20-6-5-12(19-20)14(22)23/h5-7H,1-4H3,(H,22,23). The van der Waals surface area contributed by atoms with Gasteiger partial charge in [0.1, 0.15) is 0 Å². The Morgan fingerprint density at radius 3 is 2.43 bits per heavy atom. The summed E-state index contributed by atoms with van der Waals surface area (Å²) in [7, 11) is 0. The quantitative estimate of drug-likeness (QED) is 0.791. The first-order valence-electron chi connectivity index (χ1n) is 7.05. The molecule has 3 heterocycles. The molecule has 3 aromatic heterocycles. The summed E-state index contributed by atoms with van der Waals surface area (Å²) in [6.45, 7) is 7.57. The molecule has 0 radical (unpaired) electrons. The summed E-state index contributed by atoms with van der Waals surface area (Å²) in [5.41, 5.74) is 3.37. The molecule has 1 N–H and O–H groups in total. The second kappa shape index (κ2) is 5.31. The summed E-state index contributed by atoms with van der Waals surface area (Å²) in [4.78, 5) is 20.0. The predicted molar refractivity (Wildman–Crippen MR) is 82.2 cm³/mol. The van der Waals surface area contributed by atoms with E-state index in [1.165, 1.54) is 10.7 Å². The molecule has 0 aliphatic heterocycles. The van der Waals surface area contributed by atoms with Gasteiger partial charge in [0.2, 0.25) is 0 Å². The fourth-order valence-corrected chi connectivity index (χ4v) is 2.30. The summed E-state index contributed by atoms with van der Waals surface area (Å²) >= 11 is 0. The lowest BCUT2D eigenvalue weighted by atomic mass is 10.2. The van der Waals surface area contributed by atoms with E-state index < -0.39 is 5.97 Å². The molecule has 0 aromatic carbocycles. The lowest BCUT2D eigenvalue weighted by Crippen LogP contribution is -2.12. The Kier molecular flexibility index (Phi) is 3.44. The van der Waals surface area contributed by atoms with Gasteiger partial charge in [0.15, 0.2) is 11.5 Å². The highest BCUT2D eigenvalue weighted by Gasteiger charge is 2.15. The van der Waals surface area contributed by atoms with Crippen LogP contribution in [0.3, 0.4) is 0 Å². The molecule has 0 spiro atoms. The maximum atomic E-state index is 11.0. The summed E-state index contributed by atoms with van der Waals surface area (Å²) in [6.07, 6.45) is 1.57. The monoisotopic (exact) mass is 312 g/mol. The molecular formula is C15H16N6O2. The van der Waals surface area contributed by atoms with Crippen LogP contribution in [0.1, 0.15) is 33.1 Å². The minimum atomic E-state index is -1.08. The number of aryl methyl sites for hydroxylation is 3. The van der Waals surface area contributed by atoms with E-state index in [2.05, 4.69) is 20.2 Å². The molecule has 0 fully saturated rings. The molecule has 0 bridgehead atoms. The molecule has 0 aliphatic rings. The largest absolute Gasteiger partial charge is 0.476 e. The zero-order chi connectivity index (χ0) is 16.7. The Morgan fingerprint density at radius 2 is 1.87 bits per heavy atom. The van der Waals surface area contributed by atoms with E-state index in [1.54, 1.807) is 10.9 Å². The molecule has 8 heteroatoms. The third-order valence-corrected chi connectivity index (χ3v) is 3.58. The van der Waals surface area contributed by atoms with Gasteiger partial charge in [-0.2, -0.15) is 15.2 Å². The van der Waals surface area contributed by atoms with Gasteiger partial charge in [-0.25, -0.2) is 19.1 Å². The Labute approximate surface area is 132 Å². The average Bonchev–Trinajstić information content (AvgIpc) is 3.08. The van der Waals surface area contributed by atoms with Crippen molar-refractivity contribution in [2.45, 2.75) is 27.7 Å². The van der Waals surface area contributed by atoms with Crippen LogP contribution in [0.2, 0.25) is 0 Å². The number of aromatic nitrogens is 6. The van der Waals surface area contributed by atoms with Crippen molar-refractivity contribution >= 4 is 5.97 Å². The number of hydrogen-bond acceptors (Lipinski definition) is 5. The normalized spacial score (nSPS) is 11.0. The minimum absolute atomic E-state index is 0.0340. The van der Waals surface area contributed by atoms with Crippen molar-refractivity contribution in [2.75, 3.05) is 0 Å². The number of aromatic carboxylic acids is 1. The van der Waals surface area contributed by atoms with Crippen molar-refractivity contribution in [1.82, 2.24) is 29.5 Å². The van der Waals surface area contributed by atoms with Gasteiger partial charge >= 0.3 is 5.97 Å². The van der Waals surface area contributed by atoms with Gasteiger partial charge in [0.25, 0.3) is 5.95 Å². The van der Waals surface area contributed by atoms with Gasteiger partial charge in [-0.3, -0.25) is 0 Å². The number of nitrogens with zero attached hydrogens (tertiary/aromatic N) is 6. The third kappa shape index (κ3) is 2.59. The molecule has 0 amide bonds. The van der Waals surface area contributed by atoms with Crippen LogP contribution >= 0.6 is 0 Å². The molecule has 118 valence electrons. The zero-order valence-electron chi connectivity index (χ0n) is 13.3. The van der Waals surface area contributed by atoms with Gasteiger partial charge in [0, 0.05) is 23.1 Å². The van der Waals surface area contributed by atoms with E-state index >= 15 is 0 Å². The first-order valence-corrected chi connectivity index (χ1v) is 7.05. The van der Waals surface area contributed by atoms with Crippen LogP contribution < -0.4 is 0 Å². The van der Waals surface area contributed by atoms with Gasteiger partial charge in [-0.05, 0) is 39.8 Å². The van der Waals surface area contributed by atoms with Crippen molar-refractivity contribution in [3.63, 3.8) is 0 Å². The predicted octanol–water partition coefficient (Wildman–Crippen LogP) is 1.78. The number of carbonyl (C=O) groups is 1. The van der Waals surface area contributed by atoms with Gasteiger partial charge in [0.05, 0.1) is 5.69 Å². The van der Waals surface area contributed by atoms with E-state index in [-0.39, 0.29) is 5.69 Å². The molecule has 0 saturated heterocycles. The van der Waals surface area contributed by atoms with E-state index in [9.17, 15) is 4.79 Å². The highest BCUT2D eigenvalue weighted by Crippen LogP contribution is 2.17. The fraction of sp³-hybridized carbons (Fsp3) is 0.267. The second-order valence-electron chi connectivity index (χ2n) is 5.35. The summed E-state index contributed by atoms with van der Waals surface area (Å²) in [5, 5.41) is 17.4. The highest BCUT2D eigenvalue weighted by molar-refractivity contribution is 5.85. The zero-order valence-corrected chi connectivity index (χ0v) is 13.3. The summed E-state index contributed by atoms with van der Waals surface area (Å²) in [5.74, 6) is -0.112. The molecule has 3 rings (SSSR count). The Balaban J connectivity index is 2.17. The van der Waals surface area contributed by atoms with Crippen molar-refractivity contribution in [3.8, 4) is 11.8 Å². The van der Waals surface area contributed by atoms with E-state index in [4.69, 9.17) is 5.11 Å². The third-order valence-electron chi connectivity index (χ3n) is 3.58. The molecule has 0 unspecified atom stereocenters. The van der Waals surface area contributed by atoms with E-state index in [1.807, 2.05) is 33.8 Å². The van der Waals surface area contributed by atoms with E-state index in [0.717, 1.165) is 22.6 Å². The van der Waals surface area contributed by atoms with Crippen LogP contribution in [0.5, 0.6) is 0 Å². The Hall–Kier alpha value is -3.03. The van der Waals surface area contributed by atoms with Crippen molar-refractivity contribution in [1.29, 1.82) is 0 Å². The topological polar surface area (TPSA) is 98.7 Å². The van der Waals surface area contributed by atoms with Gasteiger partial charge in [-0.15, -0.1) is 0 Å². The molecule has 0 saturated carbocycles. The smallest absolute Gasteiger partial charge is 0.356 e. The van der Waals surface area contributed by atoms with Crippen molar-refractivity contribution in [3.05, 3.63) is 46.7 Å². The van der Waals surface area contributed by atoms with E-state index in [0.29, 0.717) is 11.8 Å². The first kappa shape index (κ1) is 14.9. The number of carboxylic acid groups (broad SMARTS) is 1. The number of rotatable bonds is 3. The fourth-order valence-electron chi connectivity index (χ4n) is 2.30. The van der Waals surface area contributed by atoms with Crippen LogP contribution in [-0.4, -0.2) is 40.6 Å². The maximum Gasteiger partial charge on any atom is 0.356 e. The first-order chi connectivity index (χ1) is 10.9. The average molecular weight is 312 g/mol. The molecule has 0 aliphatic carbocycles. The summed E-state index contributed by atoms with van der Waals surface area (Å²) in [6, 6.07) is 3.37. The Bertz CT molecular complexity index is 909. The van der Waals surface area contributed by atoms with Crippen LogP contribution in [-0.2, 0) is 0 Å². The van der Waals surface area contributed by atoms with Crippen LogP contribution in [0.4, 0.5) is 0 Å². The molecule has 0 atom stereocenters. The van der Waals surface area contributed by atoms with Crippen molar-refractivity contribution < 1.29 is 9.90 Å². The maximum absolute atomic E-state index is 11.0. The molecule has 8 nitrogen and oxygen atoms in total. The second-order valence-corrected chi connectivity index (χ2v) is 5.35. The number of hydrogen-bond donors (Lipinski definition) is 1. The van der Waals surface area contributed by atoms with Gasteiger partial charge in [-0.1, -0.05) is 0 Å². The lowest BCUT2D eigenvalue weighted by Gasteiger charge is -2.11. The molecule has 3 aromatic rings. The van der Waals surface area contributed by atoms with Crippen LogP contribution in [0.25, 0.3) is 11.8 Å².